The van der Waals surface area contributed by atoms with E-state index in [9.17, 15) is 4.39 Å². The number of halogens is 1. The molecule has 1 aromatic rings. The van der Waals surface area contributed by atoms with Crippen LogP contribution in [0.25, 0.3) is 0 Å². The van der Waals surface area contributed by atoms with E-state index in [1.54, 1.807) is 0 Å². The van der Waals surface area contributed by atoms with Gasteiger partial charge in [-0.1, -0.05) is 0 Å². The van der Waals surface area contributed by atoms with Crippen LogP contribution in [0.5, 0.6) is 0 Å². The smallest absolute Gasteiger partial charge is 0.203 e. The molecule has 0 radical (unpaired) electrons. The molecular weight excluding hydrogens is 219 g/mol. The van der Waals surface area contributed by atoms with Crippen molar-refractivity contribution in [3.63, 3.8) is 0 Å². The molecule has 1 aromatic heterocycles. The average molecular weight is 236 g/mol. The first-order chi connectivity index (χ1) is 8.18. The standard InChI is InChI=1S/C10H13FN4.C2H4/c11-8-3-4-9(12)15(7-8)10(13)14-5-1-2-6-14;1-2/h3-4,7,12-13H,1-2,5-6H2;1-2H2. The summed E-state index contributed by atoms with van der Waals surface area (Å²) in [6, 6.07) is 2.59. The van der Waals surface area contributed by atoms with Crippen LogP contribution in [0.4, 0.5) is 4.39 Å². The fourth-order valence-corrected chi connectivity index (χ4v) is 1.73. The van der Waals surface area contributed by atoms with E-state index < -0.39 is 5.82 Å². The Kier molecular flexibility index (Phi) is 4.63. The van der Waals surface area contributed by atoms with Crippen LogP contribution in [-0.2, 0) is 0 Å². The summed E-state index contributed by atoms with van der Waals surface area (Å²) >= 11 is 0. The quantitative estimate of drug-likeness (QED) is 0.403. The highest BCUT2D eigenvalue weighted by atomic mass is 19.1. The van der Waals surface area contributed by atoms with Crippen molar-refractivity contribution in [1.29, 1.82) is 10.8 Å². The van der Waals surface area contributed by atoms with Gasteiger partial charge >= 0.3 is 0 Å². The first-order valence-electron chi connectivity index (χ1n) is 5.45. The van der Waals surface area contributed by atoms with Crippen molar-refractivity contribution in [3.05, 3.63) is 42.8 Å². The molecule has 5 heteroatoms. The fourth-order valence-electron chi connectivity index (χ4n) is 1.73. The minimum absolute atomic E-state index is 0.133. The largest absolute Gasteiger partial charge is 0.342 e. The summed E-state index contributed by atoms with van der Waals surface area (Å²) in [6.07, 6.45) is 3.31. The Bertz CT molecular complexity index is 446. The minimum atomic E-state index is -0.421. The molecule has 2 rings (SSSR count). The van der Waals surface area contributed by atoms with E-state index >= 15 is 0 Å². The van der Waals surface area contributed by atoms with Crippen molar-refractivity contribution in [2.75, 3.05) is 13.1 Å². The highest BCUT2D eigenvalue weighted by Crippen LogP contribution is 2.08. The maximum absolute atomic E-state index is 13.0. The molecule has 0 amide bonds. The van der Waals surface area contributed by atoms with Crippen LogP contribution in [0.1, 0.15) is 12.8 Å². The molecule has 2 heterocycles. The minimum Gasteiger partial charge on any atom is -0.342 e. The summed E-state index contributed by atoms with van der Waals surface area (Å²) in [5, 5.41) is 15.5. The number of rotatable bonds is 0. The SMILES string of the molecule is C=C.N=C(N1CCCC1)n1cc(F)ccc1=N. The molecule has 0 aromatic carbocycles. The summed E-state index contributed by atoms with van der Waals surface area (Å²) in [5.74, 6) is -0.230. The van der Waals surface area contributed by atoms with Gasteiger partial charge in [-0.05, 0) is 25.0 Å². The number of nitrogens with one attached hydrogen (secondary N) is 2. The molecular formula is C12H17FN4. The number of hydrogen-bond donors (Lipinski definition) is 2. The number of hydrogen-bond acceptors (Lipinski definition) is 2. The van der Waals surface area contributed by atoms with Crippen LogP contribution >= 0.6 is 0 Å². The van der Waals surface area contributed by atoms with Gasteiger partial charge in [-0.3, -0.25) is 15.4 Å². The topological polar surface area (TPSA) is 55.9 Å². The molecule has 1 aliphatic rings. The third-order valence-corrected chi connectivity index (χ3v) is 2.55. The normalized spacial score (nSPS) is 14.1. The third kappa shape index (κ3) is 3.03. The van der Waals surface area contributed by atoms with E-state index in [0.717, 1.165) is 25.9 Å². The lowest BCUT2D eigenvalue weighted by atomic mass is 10.4. The molecule has 0 spiro atoms. The van der Waals surface area contributed by atoms with Crippen molar-refractivity contribution in [1.82, 2.24) is 9.47 Å². The monoisotopic (exact) mass is 236 g/mol. The van der Waals surface area contributed by atoms with Gasteiger partial charge in [0.2, 0.25) is 5.96 Å². The molecule has 1 aliphatic heterocycles. The van der Waals surface area contributed by atoms with Crippen LogP contribution in [0.3, 0.4) is 0 Å². The Balaban J connectivity index is 0.000000686. The summed E-state index contributed by atoms with van der Waals surface area (Å²) in [4.78, 5) is 1.86. The number of likely N-dealkylation sites (tertiary alicyclic amines) is 1. The van der Waals surface area contributed by atoms with E-state index in [1.807, 2.05) is 4.90 Å². The Hall–Kier alpha value is -1.91. The Morgan fingerprint density at radius 3 is 2.41 bits per heavy atom. The highest BCUT2D eigenvalue weighted by Gasteiger charge is 2.16. The molecule has 0 saturated carbocycles. The predicted molar refractivity (Wildman–Crippen MR) is 65.4 cm³/mol. The second-order valence-corrected chi connectivity index (χ2v) is 3.62. The zero-order valence-electron chi connectivity index (χ0n) is 9.75. The molecule has 4 nitrogen and oxygen atoms in total. The van der Waals surface area contributed by atoms with Gasteiger partial charge in [-0.25, -0.2) is 4.39 Å². The van der Waals surface area contributed by atoms with E-state index in [0.29, 0.717) is 0 Å². The lowest BCUT2D eigenvalue weighted by Crippen LogP contribution is -2.38. The van der Waals surface area contributed by atoms with E-state index in [2.05, 4.69) is 13.2 Å². The molecule has 0 atom stereocenters. The van der Waals surface area contributed by atoms with Gasteiger partial charge in [0.15, 0.2) is 0 Å². The highest BCUT2D eigenvalue weighted by molar-refractivity contribution is 5.79. The maximum atomic E-state index is 13.0. The molecule has 2 N–H and O–H groups in total. The number of pyridine rings is 1. The second-order valence-electron chi connectivity index (χ2n) is 3.62. The summed E-state index contributed by atoms with van der Waals surface area (Å²) < 4.78 is 14.2. The van der Waals surface area contributed by atoms with Gasteiger partial charge < -0.3 is 4.90 Å². The van der Waals surface area contributed by atoms with Crippen LogP contribution < -0.4 is 5.49 Å². The number of aromatic nitrogens is 1. The lowest BCUT2D eigenvalue weighted by molar-refractivity contribution is 0.489. The lowest BCUT2D eigenvalue weighted by Gasteiger charge is -2.19. The third-order valence-electron chi connectivity index (χ3n) is 2.55. The van der Waals surface area contributed by atoms with Gasteiger partial charge in [-0.2, -0.15) is 0 Å². The van der Waals surface area contributed by atoms with Gasteiger partial charge in [0, 0.05) is 19.3 Å². The van der Waals surface area contributed by atoms with Crippen LogP contribution in [0, 0.1) is 16.6 Å². The Morgan fingerprint density at radius 2 is 1.82 bits per heavy atom. The molecule has 92 valence electrons. The second kappa shape index (κ2) is 5.98. The van der Waals surface area contributed by atoms with E-state index in [4.69, 9.17) is 10.8 Å². The molecule has 1 saturated heterocycles. The van der Waals surface area contributed by atoms with Crippen molar-refractivity contribution in [2.45, 2.75) is 12.8 Å². The van der Waals surface area contributed by atoms with Crippen LogP contribution in [0.2, 0.25) is 0 Å². The van der Waals surface area contributed by atoms with E-state index in [1.165, 1.54) is 22.9 Å². The molecule has 17 heavy (non-hydrogen) atoms. The first kappa shape index (κ1) is 13.2. The first-order valence-corrected chi connectivity index (χ1v) is 5.45. The van der Waals surface area contributed by atoms with Gasteiger partial charge in [0.1, 0.15) is 11.3 Å². The Morgan fingerprint density at radius 1 is 1.24 bits per heavy atom. The molecule has 0 unspecified atom stereocenters. The maximum Gasteiger partial charge on any atom is 0.203 e. The van der Waals surface area contributed by atoms with Gasteiger partial charge in [-0.15, -0.1) is 13.2 Å². The van der Waals surface area contributed by atoms with E-state index in [-0.39, 0.29) is 11.4 Å². The van der Waals surface area contributed by atoms with Crippen LogP contribution in [0.15, 0.2) is 31.5 Å². The predicted octanol–water partition coefficient (Wildman–Crippen LogP) is 1.79. The summed E-state index contributed by atoms with van der Waals surface area (Å²) in [7, 11) is 0. The zero-order valence-corrected chi connectivity index (χ0v) is 9.75. The van der Waals surface area contributed by atoms with Crippen molar-refractivity contribution in [2.24, 2.45) is 0 Å². The fraction of sp³-hybridized carbons (Fsp3) is 0.333. The summed E-state index contributed by atoms with van der Waals surface area (Å²) in [5.41, 5.74) is 0.133. The van der Waals surface area contributed by atoms with Crippen LogP contribution in [-0.4, -0.2) is 28.5 Å². The van der Waals surface area contributed by atoms with Crippen molar-refractivity contribution in [3.8, 4) is 0 Å². The van der Waals surface area contributed by atoms with Gasteiger partial charge in [0.05, 0.1) is 0 Å². The number of nitrogens with zero attached hydrogens (tertiary/aromatic N) is 2. The zero-order chi connectivity index (χ0) is 12.8. The van der Waals surface area contributed by atoms with Crippen molar-refractivity contribution < 1.29 is 4.39 Å². The molecule has 0 bridgehead atoms. The van der Waals surface area contributed by atoms with Gasteiger partial charge in [0.25, 0.3) is 0 Å². The molecule has 1 fully saturated rings. The summed E-state index contributed by atoms with van der Waals surface area (Å²) in [6.45, 7) is 7.64. The average Bonchev–Trinajstić information content (AvgIpc) is 2.88. The van der Waals surface area contributed by atoms with Crippen molar-refractivity contribution >= 4 is 5.96 Å². The Labute approximate surface area is 100 Å². The molecule has 0 aliphatic carbocycles.